The summed E-state index contributed by atoms with van der Waals surface area (Å²) in [6.07, 6.45) is 6.28. The Bertz CT molecular complexity index is 940. The third-order valence-corrected chi connectivity index (χ3v) is 8.25. The average molecular weight is 500 g/mol. The molecule has 1 spiro atoms. The Balaban J connectivity index is 1.56. The zero-order chi connectivity index (χ0) is 25.8. The lowest BCUT2D eigenvalue weighted by Gasteiger charge is -2.33. The first-order valence-corrected chi connectivity index (χ1v) is 13.6. The predicted molar refractivity (Wildman–Crippen MR) is 136 cm³/mol. The summed E-state index contributed by atoms with van der Waals surface area (Å²) in [4.78, 5) is 42.6. The topological polar surface area (TPSA) is 108 Å². The normalized spacial score (nSPS) is 30.5. The van der Waals surface area contributed by atoms with E-state index in [1.807, 2.05) is 37.3 Å². The number of benzene rings is 1. The molecule has 0 aromatic heterocycles. The monoisotopic (exact) mass is 499 g/mol. The van der Waals surface area contributed by atoms with Crippen LogP contribution < -0.4 is 10.6 Å². The predicted octanol–water partition coefficient (Wildman–Crippen LogP) is 2.54. The fourth-order valence-electron chi connectivity index (χ4n) is 6.50. The Morgan fingerprint density at radius 1 is 1.06 bits per heavy atom. The molecule has 3 aliphatic rings. The minimum absolute atomic E-state index is 0.143. The molecular weight excluding hydrogens is 458 g/mol. The van der Waals surface area contributed by atoms with Gasteiger partial charge in [0.05, 0.1) is 17.4 Å². The lowest BCUT2D eigenvalue weighted by Crippen LogP contribution is -2.55. The smallest absolute Gasteiger partial charge is 0.245 e. The van der Waals surface area contributed by atoms with Crippen LogP contribution in [-0.4, -0.2) is 64.7 Å². The van der Waals surface area contributed by atoms with E-state index >= 15 is 0 Å². The molecule has 1 aromatic rings. The van der Waals surface area contributed by atoms with Crippen LogP contribution in [0.15, 0.2) is 30.3 Å². The molecule has 3 amide bonds. The molecule has 0 saturated carbocycles. The number of hydrogen-bond acceptors (Lipinski definition) is 5. The maximum Gasteiger partial charge on any atom is 0.245 e. The van der Waals surface area contributed by atoms with Gasteiger partial charge >= 0.3 is 0 Å². The first-order valence-electron chi connectivity index (χ1n) is 13.6. The van der Waals surface area contributed by atoms with Crippen molar-refractivity contribution >= 4 is 17.7 Å². The van der Waals surface area contributed by atoms with Crippen LogP contribution in [0.4, 0.5) is 0 Å². The van der Waals surface area contributed by atoms with Crippen LogP contribution in [0, 0.1) is 11.8 Å². The second kappa shape index (κ2) is 11.3. The van der Waals surface area contributed by atoms with E-state index in [0.29, 0.717) is 32.5 Å². The Kier molecular flexibility index (Phi) is 8.35. The summed E-state index contributed by atoms with van der Waals surface area (Å²) < 4.78 is 6.63. The van der Waals surface area contributed by atoms with Gasteiger partial charge in [-0.05, 0) is 44.6 Å². The third kappa shape index (κ3) is 4.90. The Morgan fingerprint density at radius 2 is 1.81 bits per heavy atom. The third-order valence-electron chi connectivity index (χ3n) is 8.25. The first-order chi connectivity index (χ1) is 17.4. The fourth-order valence-corrected chi connectivity index (χ4v) is 6.50. The number of rotatable bonds is 13. The molecule has 3 heterocycles. The molecule has 36 heavy (non-hydrogen) atoms. The summed E-state index contributed by atoms with van der Waals surface area (Å²) in [5.41, 5.74) is -0.747. The van der Waals surface area contributed by atoms with Gasteiger partial charge in [-0.15, -0.1) is 0 Å². The molecule has 3 fully saturated rings. The molecule has 8 heteroatoms. The zero-order valence-corrected chi connectivity index (χ0v) is 21.6. The molecule has 8 nitrogen and oxygen atoms in total. The number of aliphatic hydroxyl groups is 1. The Hall–Kier alpha value is -2.45. The van der Waals surface area contributed by atoms with Crippen LogP contribution in [0.3, 0.4) is 0 Å². The number of carbonyl (C=O) groups excluding carboxylic acids is 3. The number of nitrogens with one attached hydrogen (secondary N) is 2. The van der Waals surface area contributed by atoms with Crippen molar-refractivity contribution in [3.63, 3.8) is 0 Å². The van der Waals surface area contributed by atoms with E-state index in [1.165, 1.54) is 0 Å². The van der Waals surface area contributed by atoms with Crippen LogP contribution in [0.1, 0.15) is 70.8 Å². The molecule has 3 N–H and O–H groups in total. The fraction of sp³-hybridized carbons (Fsp3) is 0.679. The highest BCUT2D eigenvalue weighted by Gasteiger charge is 2.77. The molecule has 3 saturated heterocycles. The highest BCUT2D eigenvalue weighted by atomic mass is 16.5. The van der Waals surface area contributed by atoms with Gasteiger partial charge in [-0.3, -0.25) is 14.4 Å². The number of nitrogens with zero attached hydrogens (tertiary/aromatic N) is 1. The van der Waals surface area contributed by atoms with Crippen molar-refractivity contribution in [3.05, 3.63) is 35.9 Å². The van der Waals surface area contributed by atoms with Gasteiger partial charge in [-0.25, -0.2) is 0 Å². The van der Waals surface area contributed by atoms with Crippen LogP contribution in [-0.2, 0) is 25.7 Å². The maximum atomic E-state index is 13.9. The van der Waals surface area contributed by atoms with Crippen LogP contribution in [0.2, 0.25) is 0 Å². The highest BCUT2D eigenvalue weighted by Crippen LogP contribution is 2.63. The summed E-state index contributed by atoms with van der Waals surface area (Å²) in [6.45, 7) is 5.54. The van der Waals surface area contributed by atoms with Crippen molar-refractivity contribution in [2.75, 3.05) is 19.7 Å². The van der Waals surface area contributed by atoms with E-state index in [2.05, 4.69) is 17.6 Å². The standard InChI is InChI=1S/C28H41N3O5/c1-3-4-16-29-25(34)23-28-15-14-27(2,36-28)21(24(33)30-19-20-12-8-7-9-13-20)22(28)26(35)31(23)17-10-5-6-11-18-32/h7-9,12-13,21-23,32H,3-6,10-11,14-19H2,1-2H3,(H,29,34)(H,30,33)/t21-,22+,23?,27+,28?/m1/s1. The summed E-state index contributed by atoms with van der Waals surface area (Å²) in [5.74, 6) is -1.80. The molecule has 4 rings (SSSR count). The number of likely N-dealkylation sites (tertiary alicyclic amines) is 1. The number of hydrogen-bond donors (Lipinski definition) is 3. The zero-order valence-electron chi connectivity index (χ0n) is 21.6. The van der Waals surface area contributed by atoms with Crippen molar-refractivity contribution in [1.29, 1.82) is 0 Å². The van der Waals surface area contributed by atoms with E-state index in [9.17, 15) is 14.4 Å². The van der Waals surface area contributed by atoms with E-state index < -0.39 is 29.1 Å². The van der Waals surface area contributed by atoms with Crippen molar-refractivity contribution in [3.8, 4) is 0 Å². The van der Waals surface area contributed by atoms with Gasteiger partial charge in [-0.1, -0.05) is 56.5 Å². The molecule has 2 bridgehead atoms. The number of fused-ring (bicyclic) bond motifs is 1. The number of unbranched alkanes of at least 4 members (excludes halogenated alkanes) is 4. The molecule has 0 radical (unpaired) electrons. The number of amides is 3. The van der Waals surface area contributed by atoms with E-state index in [4.69, 9.17) is 9.84 Å². The van der Waals surface area contributed by atoms with E-state index in [0.717, 1.165) is 44.1 Å². The summed E-state index contributed by atoms with van der Waals surface area (Å²) in [6, 6.07) is 8.98. The molecular formula is C28H41N3O5. The number of ether oxygens (including phenoxy) is 1. The maximum absolute atomic E-state index is 13.9. The molecule has 198 valence electrons. The van der Waals surface area contributed by atoms with Gasteiger partial charge in [0, 0.05) is 26.2 Å². The van der Waals surface area contributed by atoms with Gasteiger partial charge in [0.1, 0.15) is 11.6 Å². The molecule has 3 aliphatic heterocycles. The second-order valence-electron chi connectivity index (χ2n) is 10.7. The lowest BCUT2D eigenvalue weighted by molar-refractivity contribution is -0.146. The van der Waals surface area contributed by atoms with Crippen LogP contribution >= 0.6 is 0 Å². The van der Waals surface area contributed by atoms with Crippen molar-refractivity contribution in [2.24, 2.45) is 11.8 Å². The Labute approximate surface area is 214 Å². The van der Waals surface area contributed by atoms with Crippen molar-refractivity contribution < 1.29 is 24.2 Å². The minimum Gasteiger partial charge on any atom is -0.396 e. The largest absolute Gasteiger partial charge is 0.396 e. The van der Waals surface area contributed by atoms with E-state index in [-0.39, 0.29) is 24.3 Å². The summed E-state index contributed by atoms with van der Waals surface area (Å²) in [5, 5.41) is 15.1. The van der Waals surface area contributed by atoms with Gasteiger partial charge in [0.25, 0.3) is 0 Å². The van der Waals surface area contributed by atoms with Gasteiger partial charge in [0.2, 0.25) is 17.7 Å². The van der Waals surface area contributed by atoms with Gasteiger partial charge in [0.15, 0.2) is 0 Å². The summed E-state index contributed by atoms with van der Waals surface area (Å²) in [7, 11) is 0. The van der Waals surface area contributed by atoms with Gasteiger partial charge in [-0.2, -0.15) is 0 Å². The average Bonchev–Trinajstić information content (AvgIpc) is 3.44. The molecule has 2 unspecified atom stereocenters. The quantitative estimate of drug-likeness (QED) is 0.362. The SMILES string of the molecule is CCCCNC(=O)C1N(CCCCCCO)C(=O)[C@@H]2[C@H](C(=O)NCc3ccccc3)[C@]3(C)CCC12O3. The van der Waals surface area contributed by atoms with Crippen molar-refractivity contribution in [1.82, 2.24) is 15.5 Å². The minimum atomic E-state index is -0.970. The highest BCUT2D eigenvalue weighted by molar-refractivity contribution is 5.99. The van der Waals surface area contributed by atoms with Crippen LogP contribution in [0.25, 0.3) is 0 Å². The van der Waals surface area contributed by atoms with Crippen LogP contribution in [0.5, 0.6) is 0 Å². The Morgan fingerprint density at radius 3 is 2.53 bits per heavy atom. The second-order valence-corrected chi connectivity index (χ2v) is 10.7. The molecule has 5 atom stereocenters. The molecule has 0 aliphatic carbocycles. The number of carbonyl (C=O) groups is 3. The molecule has 1 aromatic carbocycles. The number of aliphatic hydroxyl groups excluding tert-OH is 1. The van der Waals surface area contributed by atoms with Gasteiger partial charge < -0.3 is 25.4 Å². The lowest BCUT2D eigenvalue weighted by atomic mass is 9.66. The van der Waals surface area contributed by atoms with Crippen molar-refractivity contribution in [2.45, 2.75) is 89.0 Å². The van der Waals surface area contributed by atoms with E-state index in [1.54, 1.807) is 4.90 Å². The summed E-state index contributed by atoms with van der Waals surface area (Å²) >= 11 is 0. The first kappa shape index (κ1) is 26.6.